The lowest BCUT2D eigenvalue weighted by Gasteiger charge is -2.27. The molecule has 2 heterocycles. The van der Waals surface area contributed by atoms with Gasteiger partial charge in [-0.1, -0.05) is 19.8 Å². The van der Waals surface area contributed by atoms with E-state index in [2.05, 4.69) is 21.6 Å². The molecule has 1 fully saturated rings. The number of aromatic nitrogens is 4. The van der Waals surface area contributed by atoms with E-state index in [1.807, 2.05) is 17.5 Å². The van der Waals surface area contributed by atoms with Gasteiger partial charge in [-0.05, 0) is 67.4 Å². The van der Waals surface area contributed by atoms with E-state index < -0.39 is 5.69 Å². The third-order valence-corrected chi connectivity index (χ3v) is 6.33. The average Bonchev–Trinajstić information content (AvgIpc) is 3.27. The Morgan fingerprint density at radius 1 is 1.10 bits per heavy atom. The molecule has 0 aliphatic heterocycles. The summed E-state index contributed by atoms with van der Waals surface area (Å²) in [6.45, 7) is 4.92. The molecule has 2 aromatic heterocycles. The van der Waals surface area contributed by atoms with Crippen LogP contribution in [0.3, 0.4) is 0 Å². The number of nitrogens with one attached hydrogen (secondary N) is 1. The van der Waals surface area contributed by atoms with Crippen molar-refractivity contribution in [2.45, 2.75) is 52.6 Å². The monoisotopic (exact) mass is 441 g/mol. The molecule has 0 unspecified atom stereocenters. The molecule has 9 heteroatoms. The van der Waals surface area contributed by atoms with E-state index >= 15 is 0 Å². The highest BCUT2D eigenvalue weighted by Gasteiger charge is 2.22. The van der Waals surface area contributed by atoms with Crippen LogP contribution in [0.15, 0.2) is 45.3 Å². The van der Waals surface area contributed by atoms with Crippen molar-refractivity contribution in [1.82, 2.24) is 18.5 Å². The Morgan fingerprint density at radius 2 is 1.84 bits per heavy atom. The Bertz CT molecular complexity index is 1110. The second-order valence-electron chi connectivity index (χ2n) is 8.07. The Morgan fingerprint density at radius 3 is 2.48 bits per heavy atom. The van der Waals surface area contributed by atoms with Crippen LogP contribution in [0, 0.1) is 11.8 Å². The van der Waals surface area contributed by atoms with Crippen LogP contribution in [0.4, 0.5) is 11.6 Å². The topological polar surface area (TPSA) is 91.0 Å². The van der Waals surface area contributed by atoms with E-state index in [0.29, 0.717) is 30.6 Å². The van der Waals surface area contributed by atoms with Gasteiger partial charge in [-0.3, -0.25) is 4.57 Å². The molecule has 4 rings (SSSR count). The fourth-order valence-electron chi connectivity index (χ4n) is 3.94. The first-order valence-electron chi connectivity index (χ1n) is 10.7. The highest BCUT2D eigenvalue weighted by molar-refractivity contribution is 7.03. The van der Waals surface area contributed by atoms with Gasteiger partial charge in [0.2, 0.25) is 11.8 Å². The van der Waals surface area contributed by atoms with Crippen molar-refractivity contribution in [3.63, 3.8) is 0 Å². The molecule has 0 amide bonds. The molecule has 1 aromatic carbocycles. The number of hydrogen-bond acceptors (Lipinski definition) is 7. The van der Waals surface area contributed by atoms with Gasteiger partial charge in [0, 0.05) is 30.2 Å². The first-order valence-corrected chi connectivity index (χ1v) is 11.5. The van der Waals surface area contributed by atoms with Crippen LogP contribution in [0.5, 0.6) is 11.6 Å². The summed E-state index contributed by atoms with van der Waals surface area (Å²) in [6.07, 6.45) is 4.51. The van der Waals surface area contributed by atoms with Crippen molar-refractivity contribution in [2.75, 3.05) is 5.32 Å². The van der Waals surface area contributed by atoms with E-state index in [-0.39, 0.29) is 11.6 Å². The van der Waals surface area contributed by atoms with Crippen LogP contribution < -0.4 is 21.4 Å². The Balaban J connectivity index is 1.58. The van der Waals surface area contributed by atoms with E-state index in [1.54, 1.807) is 29.7 Å². The van der Waals surface area contributed by atoms with Crippen LogP contribution >= 0.6 is 11.5 Å². The Labute approximate surface area is 184 Å². The van der Waals surface area contributed by atoms with Crippen LogP contribution in [0.2, 0.25) is 0 Å². The molecular weight excluding hydrogens is 414 g/mol. The lowest BCUT2D eigenvalue weighted by molar-refractivity contribution is 0.260. The molecule has 1 aliphatic carbocycles. The SMILES string of the molecule is CCn1c(=O)nc(Nc2ccc(Oc3ccsn3)cc2)n(CC2CCC(C)CC2)c1=O. The molecule has 3 aromatic rings. The number of hydrogen-bond donors (Lipinski definition) is 1. The lowest BCUT2D eigenvalue weighted by Crippen LogP contribution is -2.43. The summed E-state index contributed by atoms with van der Waals surface area (Å²) in [5.74, 6) is 2.63. The summed E-state index contributed by atoms with van der Waals surface area (Å²) < 4.78 is 12.6. The van der Waals surface area contributed by atoms with Gasteiger partial charge in [-0.15, -0.1) is 0 Å². The summed E-state index contributed by atoms with van der Waals surface area (Å²) in [6, 6.07) is 9.06. The summed E-state index contributed by atoms with van der Waals surface area (Å²) in [5, 5.41) is 5.01. The molecule has 1 saturated carbocycles. The quantitative estimate of drug-likeness (QED) is 0.590. The Hall–Kier alpha value is -2.94. The predicted octanol–water partition coefficient (Wildman–Crippen LogP) is 4.24. The van der Waals surface area contributed by atoms with Crippen LogP contribution in [0.1, 0.15) is 39.5 Å². The van der Waals surface area contributed by atoms with Crippen LogP contribution in [-0.4, -0.2) is 18.5 Å². The van der Waals surface area contributed by atoms with Gasteiger partial charge in [-0.25, -0.2) is 14.2 Å². The van der Waals surface area contributed by atoms with E-state index in [1.165, 1.54) is 28.9 Å². The standard InChI is InChI=1S/C22H27N5O3S/c1-3-26-21(28)24-20(27(22(26)29)14-16-6-4-15(2)5-7-16)23-17-8-10-18(11-9-17)30-19-12-13-31-25-19/h8-13,15-16H,3-7,14H2,1-2H3,(H,23,24,28). The normalized spacial score (nSPS) is 18.6. The predicted molar refractivity (Wildman–Crippen MR) is 121 cm³/mol. The van der Waals surface area contributed by atoms with E-state index in [0.717, 1.165) is 24.4 Å². The zero-order valence-corrected chi connectivity index (χ0v) is 18.6. The molecule has 0 atom stereocenters. The first kappa shape index (κ1) is 21.3. The van der Waals surface area contributed by atoms with Gasteiger partial charge in [0.1, 0.15) is 5.75 Å². The number of ether oxygens (including phenoxy) is 1. The van der Waals surface area contributed by atoms with Crippen molar-refractivity contribution >= 4 is 23.2 Å². The first-order chi connectivity index (χ1) is 15.0. The van der Waals surface area contributed by atoms with Gasteiger partial charge >= 0.3 is 11.4 Å². The molecule has 0 spiro atoms. The van der Waals surface area contributed by atoms with Crippen molar-refractivity contribution in [2.24, 2.45) is 11.8 Å². The second kappa shape index (κ2) is 9.47. The number of nitrogens with zero attached hydrogens (tertiary/aromatic N) is 4. The highest BCUT2D eigenvalue weighted by Crippen LogP contribution is 2.30. The smallest absolute Gasteiger partial charge is 0.354 e. The fourth-order valence-corrected chi connectivity index (χ4v) is 4.38. The van der Waals surface area contributed by atoms with Gasteiger partial charge in [0.15, 0.2) is 0 Å². The van der Waals surface area contributed by atoms with Gasteiger partial charge in [0.25, 0.3) is 0 Å². The fraction of sp³-hybridized carbons (Fsp3) is 0.455. The van der Waals surface area contributed by atoms with E-state index in [9.17, 15) is 9.59 Å². The third-order valence-electron chi connectivity index (χ3n) is 5.79. The molecule has 1 N–H and O–H groups in total. The minimum Gasteiger partial charge on any atom is -0.438 e. The van der Waals surface area contributed by atoms with Crippen molar-refractivity contribution in [1.29, 1.82) is 0 Å². The highest BCUT2D eigenvalue weighted by atomic mass is 32.1. The second-order valence-corrected chi connectivity index (χ2v) is 8.74. The minimum absolute atomic E-state index is 0.284. The molecule has 0 bridgehead atoms. The summed E-state index contributed by atoms with van der Waals surface area (Å²) >= 11 is 1.33. The van der Waals surface area contributed by atoms with E-state index in [4.69, 9.17) is 4.74 Å². The molecular formula is C22H27N5O3S. The van der Waals surface area contributed by atoms with Crippen LogP contribution in [-0.2, 0) is 13.1 Å². The molecule has 8 nitrogen and oxygen atoms in total. The number of anilines is 2. The minimum atomic E-state index is -0.535. The lowest BCUT2D eigenvalue weighted by atomic mass is 9.83. The summed E-state index contributed by atoms with van der Waals surface area (Å²) in [7, 11) is 0. The molecule has 31 heavy (non-hydrogen) atoms. The number of rotatable bonds is 7. The largest absolute Gasteiger partial charge is 0.438 e. The maximum atomic E-state index is 13.0. The zero-order chi connectivity index (χ0) is 21.8. The summed E-state index contributed by atoms with van der Waals surface area (Å²) in [5.41, 5.74) is -0.128. The van der Waals surface area contributed by atoms with Crippen molar-refractivity contribution < 1.29 is 4.74 Å². The van der Waals surface area contributed by atoms with Crippen molar-refractivity contribution in [3.05, 3.63) is 56.7 Å². The molecule has 164 valence electrons. The Kier molecular flexibility index (Phi) is 6.50. The average molecular weight is 442 g/mol. The number of benzene rings is 1. The molecule has 0 saturated heterocycles. The van der Waals surface area contributed by atoms with Gasteiger partial charge in [-0.2, -0.15) is 9.36 Å². The van der Waals surface area contributed by atoms with Crippen LogP contribution in [0.25, 0.3) is 0 Å². The summed E-state index contributed by atoms with van der Waals surface area (Å²) in [4.78, 5) is 29.6. The molecule has 0 radical (unpaired) electrons. The van der Waals surface area contributed by atoms with Gasteiger partial charge < -0.3 is 10.1 Å². The third kappa shape index (κ3) is 5.04. The maximum absolute atomic E-state index is 13.0. The zero-order valence-electron chi connectivity index (χ0n) is 17.8. The van der Waals surface area contributed by atoms with Crippen molar-refractivity contribution in [3.8, 4) is 11.6 Å². The van der Waals surface area contributed by atoms with Gasteiger partial charge in [0.05, 0.1) is 0 Å². The molecule has 1 aliphatic rings. The maximum Gasteiger partial charge on any atom is 0.354 e.